The van der Waals surface area contributed by atoms with Crippen LogP contribution in [0.1, 0.15) is 23.8 Å². The van der Waals surface area contributed by atoms with Crippen molar-refractivity contribution in [2.45, 2.75) is 18.8 Å². The third kappa shape index (κ3) is 3.91. The van der Waals surface area contributed by atoms with E-state index in [1.165, 1.54) is 21.8 Å². The summed E-state index contributed by atoms with van der Waals surface area (Å²) in [5.41, 5.74) is 1.91. The average Bonchev–Trinajstić information content (AvgIpc) is 3.13. The Kier molecular flexibility index (Phi) is 5.00. The zero-order valence-electron chi connectivity index (χ0n) is 14.5. The molecule has 0 radical (unpaired) electrons. The molecule has 3 aromatic rings. The second-order valence-corrected chi connectivity index (χ2v) is 7.96. The minimum Gasteiger partial charge on any atom is -0.349 e. The number of nitrogens with one attached hydrogen (secondary N) is 1. The Labute approximate surface area is 166 Å². The maximum absolute atomic E-state index is 10.7. The number of nitrogens with zero attached hydrogens (tertiary/aromatic N) is 3. The van der Waals surface area contributed by atoms with E-state index in [9.17, 15) is 10.1 Å². The number of non-ortho nitro benzene ring substituents is 1. The van der Waals surface area contributed by atoms with Crippen LogP contribution in [0.3, 0.4) is 0 Å². The van der Waals surface area contributed by atoms with Gasteiger partial charge < -0.3 is 10.2 Å². The van der Waals surface area contributed by atoms with Crippen molar-refractivity contribution in [2.24, 2.45) is 0 Å². The van der Waals surface area contributed by atoms with Crippen molar-refractivity contribution in [1.82, 2.24) is 9.88 Å². The van der Waals surface area contributed by atoms with Crippen molar-refractivity contribution < 1.29 is 4.92 Å². The van der Waals surface area contributed by atoms with Crippen molar-refractivity contribution >= 4 is 50.3 Å². The zero-order chi connectivity index (χ0) is 18.8. The van der Waals surface area contributed by atoms with Gasteiger partial charge in [0.25, 0.3) is 5.69 Å². The van der Waals surface area contributed by atoms with Crippen LogP contribution in [0.15, 0.2) is 48.5 Å². The summed E-state index contributed by atoms with van der Waals surface area (Å²) in [5, 5.41) is 15.8. The number of hydrogen-bond donors (Lipinski definition) is 1. The van der Waals surface area contributed by atoms with Crippen LogP contribution in [-0.2, 0) is 0 Å². The lowest BCUT2D eigenvalue weighted by Gasteiger charge is -2.33. The molecule has 2 heterocycles. The number of benzene rings is 2. The molecular weight excluding hydrogens is 380 g/mol. The number of rotatable bonds is 3. The van der Waals surface area contributed by atoms with E-state index in [-0.39, 0.29) is 5.69 Å². The molecule has 0 unspecified atom stereocenters. The molecule has 0 aliphatic carbocycles. The Morgan fingerprint density at radius 1 is 1.19 bits per heavy atom. The Bertz CT molecular complexity index is 946. The first-order valence-corrected chi connectivity index (χ1v) is 9.98. The summed E-state index contributed by atoms with van der Waals surface area (Å²) in [6.45, 7) is 1.75. The molecule has 1 aliphatic heterocycles. The van der Waals surface area contributed by atoms with Crippen molar-refractivity contribution in [3.05, 3.63) is 63.7 Å². The molecule has 6 nitrogen and oxygen atoms in total. The monoisotopic (exact) mass is 398 g/mol. The third-order valence-corrected chi connectivity index (χ3v) is 6.33. The molecule has 1 saturated heterocycles. The molecule has 4 rings (SSSR count). The van der Waals surface area contributed by atoms with Crippen LogP contribution in [0, 0.1) is 10.1 Å². The van der Waals surface area contributed by atoms with Crippen LogP contribution >= 0.6 is 23.6 Å². The summed E-state index contributed by atoms with van der Waals surface area (Å²) in [4.78, 5) is 17.3. The van der Waals surface area contributed by atoms with E-state index in [2.05, 4.69) is 28.4 Å². The highest BCUT2D eigenvalue weighted by atomic mass is 32.1. The fraction of sp³-hybridized carbons (Fsp3) is 0.263. The highest BCUT2D eigenvalue weighted by Gasteiger charge is 2.24. The molecule has 0 bridgehead atoms. The van der Waals surface area contributed by atoms with E-state index in [0.717, 1.165) is 37.1 Å². The number of hydrogen-bond acceptors (Lipinski definition) is 5. The molecule has 0 saturated carbocycles. The van der Waals surface area contributed by atoms with Crippen LogP contribution in [0.2, 0.25) is 0 Å². The quantitative estimate of drug-likeness (QED) is 0.389. The number of para-hydroxylation sites is 1. The van der Waals surface area contributed by atoms with Crippen molar-refractivity contribution in [2.75, 3.05) is 18.4 Å². The summed E-state index contributed by atoms with van der Waals surface area (Å²) >= 11 is 7.30. The molecule has 0 spiro atoms. The SMILES string of the molecule is O=[N+]([O-])c1ccc(NC(=S)N2CCC(c3nc4ccccc4s3)CC2)cc1. The molecule has 2 aromatic carbocycles. The van der Waals surface area contributed by atoms with Crippen LogP contribution in [-0.4, -0.2) is 33.0 Å². The molecule has 1 aliphatic rings. The molecule has 0 amide bonds. The fourth-order valence-corrected chi connectivity index (χ4v) is 4.70. The Morgan fingerprint density at radius 2 is 1.89 bits per heavy atom. The lowest BCUT2D eigenvalue weighted by atomic mass is 9.98. The van der Waals surface area contributed by atoms with E-state index in [0.29, 0.717) is 11.0 Å². The van der Waals surface area contributed by atoms with Gasteiger partial charge in [-0.2, -0.15) is 0 Å². The van der Waals surface area contributed by atoms with Crippen LogP contribution in [0.4, 0.5) is 11.4 Å². The Balaban J connectivity index is 1.35. The topological polar surface area (TPSA) is 71.3 Å². The first-order valence-electron chi connectivity index (χ1n) is 8.76. The van der Waals surface area contributed by atoms with Crippen molar-refractivity contribution in [1.29, 1.82) is 0 Å². The number of nitro groups is 1. The third-order valence-electron chi connectivity index (χ3n) is 4.77. The largest absolute Gasteiger partial charge is 0.349 e. The Hall–Kier alpha value is -2.58. The number of thiocarbonyl (C=S) groups is 1. The van der Waals surface area contributed by atoms with Gasteiger partial charge in [0.1, 0.15) is 0 Å². The minimum atomic E-state index is -0.408. The summed E-state index contributed by atoms with van der Waals surface area (Å²) < 4.78 is 1.24. The lowest BCUT2D eigenvalue weighted by molar-refractivity contribution is -0.384. The van der Waals surface area contributed by atoms with E-state index in [4.69, 9.17) is 17.2 Å². The van der Waals surface area contributed by atoms with E-state index in [1.807, 2.05) is 6.07 Å². The normalized spacial score (nSPS) is 15.0. The standard InChI is InChI=1S/C19H18N4O2S2/c24-23(25)15-7-5-14(6-8-15)20-19(26)22-11-9-13(10-12-22)18-21-16-3-1-2-4-17(16)27-18/h1-8,13H,9-12H2,(H,20,26). The van der Waals surface area contributed by atoms with Crippen LogP contribution in [0.25, 0.3) is 10.2 Å². The number of aromatic nitrogens is 1. The molecule has 0 atom stereocenters. The predicted octanol–water partition coefficient (Wildman–Crippen LogP) is 4.78. The van der Waals surface area contributed by atoms with Gasteiger partial charge >= 0.3 is 0 Å². The highest BCUT2D eigenvalue weighted by Crippen LogP contribution is 2.34. The maximum Gasteiger partial charge on any atom is 0.269 e. The van der Waals surface area contributed by atoms with E-state index < -0.39 is 4.92 Å². The molecular formula is C19H18N4O2S2. The minimum absolute atomic E-state index is 0.0723. The first-order chi connectivity index (χ1) is 13.1. The second-order valence-electron chi connectivity index (χ2n) is 6.52. The molecule has 8 heteroatoms. The van der Waals surface area contributed by atoms with Gasteiger partial charge in [0.05, 0.1) is 20.1 Å². The number of nitro benzene ring substituents is 1. The average molecular weight is 399 g/mol. The number of fused-ring (bicyclic) bond motifs is 1. The lowest BCUT2D eigenvalue weighted by Crippen LogP contribution is -2.40. The fourth-order valence-electron chi connectivity index (χ4n) is 3.26. The van der Waals surface area contributed by atoms with Gasteiger partial charge in [0, 0.05) is 36.8 Å². The zero-order valence-corrected chi connectivity index (χ0v) is 16.1. The molecule has 1 aromatic heterocycles. The number of thiazole rings is 1. The first kappa shape index (κ1) is 17.8. The smallest absolute Gasteiger partial charge is 0.269 e. The van der Waals surface area contributed by atoms with Gasteiger partial charge in [-0.15, -0.1) is 11.3 Å². The van der Waals surface area contributed by atoms with Gasteiger partial charge in [0.2, 0.25) is 0 Å². The summed E-state index contributed by atoms with van der Waals surface area (Å²) in [6.07, 6.45) is 2.03. The Morgan fingerprint density at radius 3 is 2.56 bits per heavy atom. The molecule has 1 N–H and O–H groups in total. The predicted molar refractivity (Wildman–Crippen MR) is 112 cm³/mol. The second kappa shape index (κ2) is 7.58. The maximum atomic E-state index is 10.7. The summed E-state index contributed by atoms with van der Waals surface area (Å²) in [6, 6.07) is 14.6. The van der Waals surface area contributed by atoms with Gasteiger partial charge in [-0.3, -0.25) is 10.1 Å². The van der Waals surface area contributed by atoms with Gasteiger partial charge in [-0.25, -0.2) is 4.98 Å². The van der Waals surface area contributed by atoms with Gasteiger partial charge in [0.15, 0.2) is 5.11 Å². The van der Waals surface area contributed by atoms with Crippen molar-refractivity contribution in [3.8, 4) is 0 Å². The van der Waals surface area contributed by atoms with Crippen LogP contribution < -0.4 is 5.32 Å². The molecule has 1 fully saturated rings. The summed E-state index contributed by atoms with van der Waals surface area (Å²) in [7, 11) is 0. The summed E-state index contributed by atoms with van der Waals surface area (Å²) in [5.74, 6) is 0.473. The van der Waals surface area contributed by atoms with Crippen molar-refractivity contribution in [3.63, 3.8) is 0 Å². The van der Waals surface area contributed by atoms with E-state index in [1.54, 1.807) is 23.5 Å². The van der Waals surface area contributed by atoms with Gasteiger partial charge in [-0.1, -0.05) is 12.1 Å². The molecule has 27 heavy (non-hydrogen) atoms. The number of likely N-dealkylation sites (tertiary alicyclic amines) is 1. The molecule has 138 valence electrons. The van der Waals surface area contributed by atoms with E-state index >= 15 is 0 Å². The van der Waals surface area contributed by atoms with Gasteiger partial charge in [-0.05, 0) is 49.3 Å². The van der Waals surface area contributed by atoms with Crippen LogP contribution in [0.5, 0.6) is 0 Å². The highest BCUT2D eigenvalue weighted by molar-refractivity contribution is 7.80. The number of piperidine rings is 1. The number of anilines is 1.